The van der Waals surface area contributed by atoms with Crippen LogP contribution in [0.4, 0.5) is 0 Å². The Balaban J connectivity index is 2.25. The predicted octanol–water partition coefficient (Wildman–Crippen LogP) is 3.81. The molecule has 0 heterocycles. The second-order valence-corrected chi connectivity index (χ2v) is 4.42. The van der Waals surface area contributed by atoms with Crippen LogP contribution in [-0.4, -0.2) is 12.5 Å². The quantitative estimate of drug-likeness (QED) is 0.359. The molecule has 1 nitrogen and oxygen atoms in total. The molecular formula is C11H15BrOS. The molecule has 0 N–H and O–H groups in total. The van der Waals surface area contributed by atoms with E-state index < -0.39 is 0 Å². The number of benzene rings is 1. The highest BCUT2D eigenvalue weighted by molar-refractivity contribution is 9.09. The van der Waals surface area contributed by atoms with E-state index in [4.69, 9.17) is 4.74 Å². The Kier molecular flexibility index (Phi) is 6.32. The van der Waals surface area contributed by atoms with Gasteiger partial charge in [-0.2, -0.15) is 12.6 Å². The van der Waals surface area contributed by atoms with Crippen molar-refractivity contribution >= 4 is 28.6 Å². The lowest BCUT2D eigenvalue weighted by molar-refractivity contribution is 0.178. The van der Waals surface area contributed by atoms with Crippen LogP contribution in [0.15, 0.2) is 30.3 Å². The van der Waals surface area contributed by atoms with Crippen LogP contribution < -0.4 is 0 Å². The molecule has 1 aromatic rings. The minimum atomic E-state index is 0.437. The first kappa shape index (κ1) is 12.1. The molecule has 0 spiro atoms. The minimum absolute atomic E-state index is 0.437. The fourth-order valence-corrected chi connectivity index (χ4v) is 2.02. The van der Waals surface area contributed by atoms with Gasteiger partial charge in [0.2, 0.25) is 0 Å². The molecule has 0 aliphatic rings. The van der Waals surface area contributed by atoms with Gasteiger partial charge in [-0.3, -0.25) is 0 Å². The Morgan fingerprint density at radius 3 is 2.64 bits per heavy atom. The Morgan fingerprint density at radius 2 is 2.00 bits per heavy atom. The predicted molar refractivity (Wildman–Crippen MR) is 67.1 cm³/mol. The van der Waals surface area contributed by atoms with E-state index in [1.807, 2.05) is 6.07 Å². The van der Waals surface area contributed by atoms with Crippen LogP contribution in [0.5, 0.6) is 0 Å². The number of hydrogen-bond acceptors (Lipinski definition) is 2. The molecule has 0 aliphatic carbocycles. The van der Waals surface area contributed by atoms with Gasteiger partial charge in [0, 0.05) is 11.4 Å². The maximum atomic E-state index is 5.16. The van der Waals surface area contributed by atoms with Gasteiger partial charge in [-0.25, -0.2) is 0 Å². The topological polar surface area (TPSA) is 9.23 Å². The smallest absolute Gasteiger partial charge is 0.0892 e. The molecule has 0 saturated heterocycles. The molecule has 0 aliphatic heterocycles. The van der Waals surface area contributed by atoms with E-state index in [9.17, 15) is 0 Å². The summed E-state index contributed by atoms with van der Waals surface area (Å²) < 4.78 is 5.16. The largest absolute Gasteiger partial charge is 0.371 e. The van der Waals surface area contributed by atoms with Crippen molar-refractivity contribution in [3.8, 4) is 0 Å². The van der Waals surface area contributed by atoms with Crippen molar-refractivity contribution < 1.29 is 4.74 Å². The highest BCUT2D eigenvalue weighted by Crippen LogP contribution is 2.27. The van der Waals surface area contributed by atoms with Crippen molar-refractivity contribution in [3.63, 3.8) is 0 Å². The maximum Gasteiger partial charge on any atom is 0.0892 e. The first-order valence-corrected chi connectivity index (χ1v) is 6.27. The summed E-state index contributed by atoms with van der Waals surface area (Å²) in [5, 5.41) is 0. The Hall–Kier alpha value is 0.0100. The molecule has 0 fully saturated rings. The van der Waals surface area contributed by atoms with Crippen LogP contribution in [0.1, 0.15) is 23.2 Å². The Morgan fingerprint density at radius 1 is 1.29 bits per heavy atom. The lowest BCUT2D eigenvalue weighted by Crippen LogP contribution is -1.95. The molecule has 0 amide bonds. The highest BCUT2D eigenvalue weighted by Gasteiger charge is 2.05. The SMILES string of the molecule is SCOCCCC(Br)c1ccccc1. The van der Waals surface area contributed by atoms with Gasteiger partial charge >= 0.3 is 0 Å². The number of alkyl halides is 1. The summed E-state index contributed by atoms with van der Waals surface area (Å²) in [7, 11) is 0. The van der Waals surface area contributed by atoms with E-state index in [1.165, 1.54) is 5.56 Å². The fourth-order valence-electron chi connectivity index (χ4n) is 1.26. The summed E-state index contributed by atoms with van der Waals surface area (Å²) in [6.07, 6.45) is 2.16. The Bertz CT molecular complexity index is 240. The number of rotatable bonds is 6. The summed E-state index contributed by atoms with van der Waals surface area (Å²) in [5.74, 6) is 0.512. The van der Waals surface area contributed by atoms with E-state index in [1.54, 1.807) is 0 Å². The summed E-state index contributed by atoms with van der Waals surface area (Å²) in [5.41, 5.74) is 1.33. The summed E-state index contributed by atoms with van der Waals surface area (Å²) >= 11 is 7.64. The third kappa shape index (κ3) is 4.49. The molecule has 0 radical (unpaired) electrons. The number of thiol groups is 1. The molecule has 78 valence electrons. The molecule has 0 aromatic heterocycles. The summed E-state index contributed by atoms with van der Waals surface area (Å²) in [6, 6.07) is 10.4. The van der Waals surface area contributed by atoms with Crippen LogP contribution in [0, 0.1) is 0 Å². The molecule has 1 atom stereocenters. The first-order chi connectivity index (χ1) is 6.84. The lowest BCUT2D eigenvalue weighted by atomic mass is 10.1. The molecule has 0 saturated carbocycles. The van der Waals surface area contributed by atoms with E-state index in [0.29, 0.717) is 10.8 Å². The molecule has 1 unspecified atom stereocenters. The van der Waals surface area contributed by atoms with Gasteiger partial charge in [-0.1, -0.05) is 46.3 Å². The van der Waals surface area contributed by atoms with Gasteiger partial charge in [0.15, 0.2) is 0 Å². The fraction of sp³-hybridized carbons (Fsp3) is 0.455. The van der Waals surface area contributed by atoms with Crippen molar-refractivity contribution in [2.75, 3.05) is 12.5 Å². The zero-order valence-electron chi connectivity index (χ0n) is 8.03. The second kappa shape index (κ2) is 7.32. The van der Waals surface area contributed by atoms with Crippen molar-refractivity contribution in [2.45, 2.75) is 17.7 Å². The molecule has 0 bridgehead atoms. The second-order valence-electron chi connectivity index (χ2n) is 3.06. The minimum Gasteiger partial charge on any atom is -0.371 e. The van der Waals surface area contributed by atoms with Gasteiger partial charge in [0.05, 0.1) is 5.94 Å². The number of hydrogen-bond donors (Lipinski definition) is 1. The maximum absolute atomic E-state index is 5.16. The molecule has 14 heavy (non-hydrogen) atoms. The normalized spacial score (nSPS) is 12.7. The van der Waals surface area contributed by atoms with Gasteiger partial charge in [-0.15, -0.1) is 0 Å². The van der Waals surface area contributed by atoms with Crippen LogP contribution in [0.25, 0.3) is 0 Å². The highest BCUT2D eigenvalue weighted by atomic mass is 79.9. The van der Waals surface area contributed by atoms with Crippen LogP contribution in [0.3, 0.4) is 0 Å². The molecule has 1 aromatic carbocycles. The van der Waals surface area contributed by atoms with Gasteiger partial charge in [0.1, 0.15) is 0 Å². The average molecular weight is 275 g/mol. The first-order valence-electron chi connectivity index (χ1n) is 4.72. The van der Waals surface area contributed by atoms with E-state index in [0.717, 1.165) is 19.4 Å². The average Bonchev–Trinajstić information content (AvgIpc) is 2.25. The monoisotopic (exact) mass is 274 g/mol. The van der Waals surface area contributed by atoms with Gasteiger partial charge < -0.3 is 4.74 Å². The lowest BCUT2D eigenvalue weighted by Gasteiger charge is -2.09. The number of halogens is 1. The van der Waals surface area contributed by atoms with Crippen LogP contribution >= 0.6 is 28.6 Å². The van der Waals surface area contributed by atoms with Crippen molar-refractivity contribution in [3.05, 3.63) is 35.9 Å². The van der Waals surface area contributed by atoms with Gasteiger partial charge in [0.25, 0.3) is 0 Å². The zero-order valence-corrected chi connectivity index (χ0v) is 10.5. The standard InChI is InChI=1S/C11H15BrOS/c12-11(7-4-8-13-9-14)10-5-2-1-3-6-10/h1-3,5-6,11,14H,4,7-9H2. The number of ether oxygens (including phenoxy) is 1. The van der Waals surface area contributed by atoms with Crippen molar-refractivity contribution in [1.29, 1.82) is 0 Å². The molecule has 1 rings (SSSR count). The third-order valence-electron chi connectivity index (χ3n) is 2.00. The molecular weight excluding hydrogens is 260 g/mol. The summed E-state index contributed by atoms with van der Waals surface area (Å²) in [6.45, 7) is 0.790. The molecule has 3 heteroatoms. The van der Waals surface area contributed by atoms with E-state index in [2.05, 4.69) is 52.8 Å². The van der Waals surface area contributed by atoms with Crippen molar-refractivity contribution in [1.82, 2.24) is 0 Å². The van der Waals surface area contributed by atoms with Crippen molar-refractivity contribution in [2.24, 2.45) is 0 Å². The van der Waals surface area contributed by atoms with E-state index in [-0.39, 0.29) is 0 Å². The van der Waals surface area contributed by atoms with Crippen LogP contribution in [-0.2, 0) is 4.74 Å². The van der Waals surface area contributed by atoms with Gasteiger partial charge in [-0.05, 0) is 18.4 Å². The Labute approximate surface area is 99.4 Å². The van der Waals surface area contributed by atoms with E-state index >= 15 is 0 Å². The summed E-state index contributed by atoms with van der Waals surface area (Å²) in [4.78, 5) is 0.437. The third-order valence-corrected chi connectivity index (χ3v) is 3.17. The van der Waals surface area contributed by atoms with Crippen LogP contribution in [0.2, 0.25) is 0 Å². The zero-order chi connectivity index (χ0) is 10.2.